The van der Waals surface area contributed by atoms with Crippen molar-refractivity contribution in [2.24, 2.45) is 0 Å². The molecule has 0 atom stereocenters. The van der Waals surface area contributed by atoms with Crippen LogP contribution in [0.15, 0.2) is 138 Å². The van der Waals surface area contributed by atoms with Crippen molar-refractivity contribution in [2.75, 3.05) is 0 Å². The predicted molar refractivity (Wildman–Crippen MR) is 160 cm³/mol. The van der Waals surface area contributed by atoms with Crippen molar-refractivity contribution >= 4 is 37.9 Å². The third-order valence-corrected chi connectivity index (χ3v) is 7.41. The molecule has 0 fully saturated rings. The van der Waals surface area contributed by atoms with E-state index in [9.17, 15) is 0 Å². The van der Waals surface area contributed by atoms with Crippen LogP contribution in [-0.4, -0.2) is 14.5 Å². The summed E-state index contributed by atoms with van der Waals surface area (Å²) in [5.41, 5.74) is 9.55. The van der Waals surface area contributed by atoms with Crippen molar-refractivity contribution < 1.29 is 0 Å². The lowest BCUT2D eigenvalue weighted by molar-refractivity contribution is 1.13. The Hall–Kier alpha value is -4.54. The Morgan fingerprint density at radius 2 is 1.18 bits per heavy atom. The van der Waals surface area contributed by atoms with Gasteiger partial charge in [0, 0.05) is 38.3 Å². The number of halogens is 1. The van der Waals surface area contributed by atoms with Gasteiger partial charge in [-0.25, -0.2) is 9.97 Å². The van der Waals surface area contributed by atoms with Crippen molar-refractivity contribution in [1.82, 2.24) is 14.5 Å². The number of benzene rings is 4. The van der Waals surface area contributed by atoms with E-state index in [1.54, 1.807) is 0 Å². The molecule has 38 heavy (non-hydrogen) atoms. The molecule has 180 valence electrons. The maximum absolute atomic E-state index is 5.02. The van der Waals surface area contributed by atoms with Crippen molar-refractivity contribution in [3.63, 3.8) is 0 Å². The molecule has 0 spiro atoms. The highest BCUT2D eigenvalue weighted by Crippen LogP contribution is 2.34. The molecular weight excluding hydrogens is 530 g/mol. The molecule has 4 aromatic carbocycles. The molecule has 0 aliphatic rings. The van der Waals surface area contributed by atoms with E-state index in [4.69, 9.17) is 9.97 Å². The summed E-state index contributed by atoms with van der Waals surface area (Å²) < 4.78 is 3.28. The van der Waals surface area contributed by atoms with Gasteiger partial charge in [-0.1, -0.05) is 94.8 Å². The minimum Gasteiger partial charge on any atom is -0.294 e. The van der Waals surface area contributed by atoms with Gasteiger partial charge in [0.15, 0.2) is 0 Å². The summed E-state index contributed by atoms with van der Waals surface area (Å²) in [7, 11) is 0. The Balaban J connectivity index is 1.37. The van der Waals surface area contributed by atoms with Crippen LogP contribution in [0, 0.1) is 0 Å². The van der Waals surface area contributed by atoms with E-state index in [0.717, 1.165) is 60.4 Å². The van der Waals surface area contributed by atoms with Gasteiger partial charge < -0.3 is 0 Å². The van der Waals surface area contributed by atoms with Gasteiger partial charge in [0.2, 0.25) is 0 Å². The van der Waals surface area contributed by atoms with Gasteiger partial charge in [0.25, 0.3) is 0 Å². The summed E-state index contributed by atoms with van der Waals surface area (Å²) in [6.07, 6.45) is 1.86. The summed E-state index contributed by atoms with van der Waals surface area (Å²) in [4.78, 5) is 9.75. The van der Waals surface area contributed by atoms with Crippen molar-refractivity contribution in [3.8, 4) is 39.3 Å². The van der Waals surface area contributed by atoms with Crippen LogP contribution in [0.3, 0.4) is 0 Å². The van der Waals surface area contributed by atoms with Gasteiger partial charge in [0.1, 0.15) is 5.65 Å². The lowest BCUT2D eigenvalue weighted by Crippen LogP contribution is -1.95. The fraction of sp³-hybridized carbons (Fsp3) is 0. The Morgan fingerprint density at radius 3 is 1.84 bits per heavy atom. The lowest BCUT2D eigenvalue weighted by Gasteiger charge is -2.12. The van der Waals surface area contributed by atoms with Crippen LogP contribution < -0.4 is 0 Å². The first kappa shape index (κ1) is 22.6. The highest BCUT2D eigenvalue weighted by atomic mass is 79.9. The number of rotatable bonds is 4. The van der Waals surface area contributed by atoms with Gasteiger partial charge in [-0.2, -0.15) is 0 Å². The van der Waals surface area contributed by atoms with E-state index in [0.29, 0.717) is 0 Å². The van der Waals surface area contributed by atoms with Crippen LogP contribution in [-0.2, 0) is 0 Å². The van der Waals surface area contributed by atoms with E-state index >= 15 is 0 Å². The third kappa shape index (κ3) is 4.00. The van der Waals surface area contributed by atoms with E-state index < -0.39 is 0 Å². The molecule has 3 heterocycles. The molecule has 0 bridgehead atoms. The van der Waals surface area contributed by atoms with Gasteiger partial charge in [-0.3, -0.25) is 4.57 Å². The second-order valence-corrected chi connectivity index (χ2v) is 10.2. The fourth-order valence-electron chi connectivity index (χ4n) is 5.09. The molecule has 3 nitrogen and oxygen atoms in total. The van der Waals surface area contributed by atoms with Crippen LogP contribution in [0.25, 0.3) is 61.3 Å². The zero-order valence-electron chi connectivity index (χ0n) is 20.4. The standard InChI is InChI=1S/C34H22BrN3/c35-27-15-18-29-30-12-7-19-36-34(30)38(33(29)22-27)28-16-13-23(14-17-28)26-20-31(24-8-3-1-4-9-24)37-32(21-26)25-10-5-2-6-11-25/h1-22H. The smallest absolute Gasteiger partial charge is 0.145 e. The Kier molecular flexibility index (Phi) is 5.60. The molecule has 0 saturated carbocycles. The van der Waals surface area contributed by atoms with Crippen LogP contribution in [0.5, 0.6) is 0 Å². The molecule has 0 radical (unpaired) electrons. The maximum atomic E-state index is 5.02. The molecule has 3 aromatic heterocycles. The number of pyridine rings is 2. The van der Waals surface area contributed by atoms with E-state index in [1.165, 1.54) is 5.39 Å². The zero-order valence-corrected chi connectivity index (χ0v) is 22.0. The highest BCUT2D eigenvalue weighted by Gasteiger charge is 2.14. The van der Waals surface area contributed by atoms with Crippen LogP contribution in [0.2, 0.25) is 0 Å². The molecule has 7 rings (SSSR count). The normalized spacial score (nSPS) is 11.3. The summed E-state index contributed by atoms with van der Waals surface area (Å²) in [5, 5.41) is 2.34. The topological polar surface area (TPSA) is 30.7 Å². The Bertz CT molecular complexity index is 1850. The number of hydrogen-bond acceptors (Lipinski definition) is 2. The van der Waals surface area contributed by atoms with Gasteiger partial charge in [0.05, 0.1) is 16.9 Å². The molecule has 0 amide bonds. The van der Waals surface area contributed by atoms with Crippen molar-refractivity contribution in [3.05, 3.63) is 138 Å². The molecule has 7 aromatic rings. The second kappa shape index (κ2) is 9.40. The largest absolute Gasteiger partial charge is 0.294 e. The minimum absolute atomic E-state index is 0.954. The van der Waals surface area contributed by atoms with Gasteiger partial charge in [-0.15, -0.1) is 0 Å². The van der Waals surface area contributed by atoms with Crippen LogP contribution in [0.4, 0.5) is 0 Å². The SMILES string of the molecule is Brc1ccc2c3cccnc3n(-c3ccc(-c4cc(-c5ccccc5)nc(-c5ccccc5)c4)cc3)c2c1. The first-order valence-corrected chi connectivity index (χ1v) is 13.3. The summed E-state index contributed by atoms with van der Waals surface area (Å²) >= 11 is 3.65. The van der Waals surface area contributed by atoms with Gasteiger partial charge in [-0.05, 0) is 59.7 Å². The van der Waals surface area contributed by atoms with E-state index in [2.05, 4.69) is 130 Å². The molecule has 0 N–H and O–H groups in total. The maximum Gasteiger partial charge on any atom is 0.145 e. The van der Waals surface area contributed by atoms with Crippen molar-refractivity contribution in [1.29, 1.82) is 0 Å². The number of aromatic nitrogens is 3. The zero-order chi connectivity index (χ0) is 25.5. The predicted octanol–water partition coefficient (Wildman–Crippen LogP) is 9.34. The quantitative estimate of drug-likeness (QED) is 0.218. The summed E-state index contributed by atoms with van der Waals surface area (Å²) in [5.74, 6) is 0. The fourth-order valence-corrected chi connectivity index (χ4v) is 5.44. The Labute approximate surface area is 229 Å². The highest BCUT2D eigenvalue weighted by molar-refractivity contribution is 9.10. The molecule has 4 heteroatoms. The molecule has 0 saturated heterocycles. The molecular formula is C34H22BrN3. The first-order chi connectivity index (χ1) is 18.7. The van der Waals surface area contributed by atoms with E-state index in [-0.39, 0.29) is 0 Å². The monoisotopic (exact) mass is 551 g/mol. The average Bonchev–Trinajstić information content (AvgIpc) is 3.31. The van der Waals surface area contributed by atoms with Crippen LogP contribution >= 0.6 is 15.9 Å². The second-order valence-electron chi connectivity index (χ2n) is 9.28. The van der Waals surface area contributed by atoms with E-state index in [1.807, 2.05) is 24.4 Å². The molecule has 0 aliphatic carbocycles. The first-order valence-electron chi connectivity index (χ1n) is 12.5. The molecule has 0 unspecified atom stereocenters. The molecule has 0 aliphatic heterocycles. The number of hydrogen-bond donors (Lipinski definition) is 0. The van der Waals surface area contributed by atoms with Crippen LogP contribution in [0.1, 0.15) is 0 Å². The lowest BCUT2D eigenvalue weighted by atomic mass is 10.00. The summed E-state index contributed by atoms with van der Waals surface area (Å²) in [6, 6.07) is 44.3. The Morgan fingerprint density at radius 1 is 0.526 bits per heavy atom. The van der Waals surface area contributed by atoms with Crippen molar-refractivity contribution in [2.45, 2.75) is 0 Å². The minimum atomic E-state index is 0.954. The summed E-state index contributed by atoms with van der Waals surface area (Å²) in [6.45, 7) is 0. The average molecular weight is 552 g/mol. The number of nitrogens with zero attached hydrogens (tertiary/aromatic N) is 3. The third-order valence-electron chi connectivity index (χ3n) is 6.91. The number of fused-ring (bicyclic) bond motifs is 3. The van der Waals surface area contributed by atoms with Gasteiger partial charge >= 0.3 is 0 Å².